The number of alkyl halides is 3. The van der Waals surface area contributed by atoms with E-state index in [1.807, 2.05) is 6.92 Å². The minimum atomic E-state index is -4.37. The highest BCUT2D eigenvalue weighted by atomic mass is 32.2. The Bertz CT molecular complexity index is 532. The molecule has 0 unspecified atom stereocenters. The monoisotopic (exact) mass is 349 g/mol. The highest BCUT2D eigenvalue weighted by Gasteiger charge is 2.29. The van der Waals surface area contributed by atoms with Gasteiger partial charge < -0.3 is 9.64 Å². The number of nitrogens with zero attached hydrogens (tertiary/aromatic N) is 1. The molecule has 128 valence electrons. The summed E-state index contributed by atoms with van der Waals surface area (Å²) in [5, 5.41) is 0. The largest absolute Gasteiger partial charge is 0.465 e. The van der Waals surface area contributed by atoms with Gasteiger partial charge in [-0.15, -0.1) is 0 Å². The summed E-state index contributed by atoms with van der Waals surface area (Å²) in [6.07, 6.45) is 0.646. The van der Waals surface area contributed by atoms with Crippen LogP contribution in [0, 0.1) is 0 Å². The van der Waals surface area contributed by atoms with Crippen LogP contribution < -0.4 is 0 Å². The zero-order valence-corrected chi connectivity index (χ0v) is 13.7. The molecule has 0 aliphatic carbocycles. The number of carbonyl (C=O) groups is 2. The van der Waals surface area contributed by atoms with Crippen LogP contribution in [0.15, 0.2) is 29.2 Å². The topological polar surface area (TPSA) is 46.6 Å². The van der Waals surface area contributed by atoms with E-state index in [-0.39, 0.29) is 35.4 Å². The molecule has 0 aliphatic rings. The average Bonchev–Trinajstić information content (AvgIpc) is 2.45. The molecule has 0 atom stereocenters. The fourth-order valence-electron chi connectivity index (χ4n) is 1.87. The molecular formula is C15H18F3NO3S. The van der Waals surface area contributed by atoms with Crippen LogP contribution in [0.25, 0.3) is 0 Å². The van der Waals surface area contributed by atoms with Gasteiger partial charge in [-0.25, -0.2) is 0 Å². The first-order valence-electron chi connectivity index (χ1n) is 7.07. The summed E-state index contributed by atoms with van der Waals surface area (Å²) in [4.78, 5) is 25.2. The number of hydrogen-bond acceptors (Lipinski definition) is 4. The van der Waals surface area contributed by atoms with E-state index >= 15 is 0 Å². The second kappa shape index (κ2) is 8.81. The smallest absolute Gasteiger partial charge is 0.446 e. The Morgan fingerprint density at radius 1 is 1.17 bits per heavy atom. The Labute approximate surface area is 137 Å². The van der Waals surface area contributed by atoms with Gasteiger partial charge in [-0.3, -0.25) is 9.59 Å². The summed E-state index contributed by atoms with van der Waals surface area (Å²) in [6, 6.07) is 5.12. The van der Waals surface area contributed by atoms with Crippen molar-refractivity contribution >= 4 is 23.6 Å². The van der Waals surface area contributed by atoms with E-state index in [0.29, 0.717) is 13.0 Å². The molecule has 0 bridgehead atoms. The summed E-state index contributed by atoms with van der Waals surface area (Å²) >= 11 is -0.242. The van der Waals surface area contributed by atoms with Gasteiger partial charge in [0.05, 0.1) is 6.61 Å². The number of benzene rings is 1. The number of halogens is 3. The van der Waals surface area contributed by atoms with Crippen molar-refractivity contribution in [1.82, 2.24) is 4.90 Å². The number of rotatable bonds is 7. The van der Waals surface area contributed by atoms with Gasteiger partial charge in [-0.05, 0) is 49.4 Å². The first kappa shape index (κ1) is 19.3. The fourth-order valence-corrected chi connectivity index (χ4v) is 2.41. The van der Waals surface area contributed by atoms with Gasteiger partial charge in [-0.1, -0.05) is 6.92 Å². The quantitative estimate of drug-likeness (QED) is 0.556. The maximum Gasteiger partial charge on any atom is 0.446 e. The van der Waals surface area contributed by atoms with Gasteiger partial charge in [0, 0.05) is 17.0 Å². The van der Waals surface area contributed by atoms with E-state index in [4.69, 9.17) is 4.74 Å². The van der Waals surface area contributed by atoms with E-state index in [2.05, 4.69) is 0 Å². The van der Waals surface area contributed by atoms with E-state index in [0.717, 1.165) is 0 Å². The lowest BCUT2D eigenvalue weighted by molar-refractivity contribution is -0.143. The fraction of sp³-hybridized carbons (Fsp3) is 0.467. The molecule has 0 saturated carbocycles. The maximum atomic E-state index is 12.4. The average molecular weight is 349 g/mol. The standard InChI is InChI=1S/C15H18F3NO3S/c1-3-9-19(10-13(20)22-4-2)14(21)11-5-7-12(8-6-11)23-15(16,17)18/h5-8H,3-4,9-10H2,1-2H3. The Morgan fingerprint density at radius 3 is 2.26 bits per heavy atom. The molecule has 0 radical (unpaired) electrons. The first-order chi connectivity index (χ1) is 10.8. The molecule has 0 spiro atoms. The normalized spacial score (nSPS) is 11.2. The van der Waals surface area contributed by atoms with Crippen LogP contribution in [-0.2, 0) is 9.53 Å². The van der Waals surface area contributed by atoms with Gasteiger partial charge >= 0.3 is 11.5 Å². The third-order valence-electron chi connectivity index (χ3n) is 2.74. The van der Waals surface area contributed by atoms with Crippen molar-refractivity contribution in [2.45, 2.75) is 30.7 Å². The van der Waals surface area contributed by atoms with Crippen LogP contribution in [0.1, 0.15) is 30.6 Å². The van der Waals surface area contributed by atoms with E-state index in [1.165, 1.54) is 29.2 Å². The Balaban J connectivity index is 2.81. The molecule has 1 rings (SSSR count). The number of hydrogen-bond donors (Lipinski definition) is 0. The van der Waals surface area contributed by atoms with Gasteiger partial charge in [0.2, 0.25) is 0 Å². The van der Waals surface area contributed by atoms with Crippen LogP contribution in [0.2, 0.25) is 0 Å². The molecule has 23 heavy (non-hydrogen) atoms. The Hall–Kier alpha value is -1.70. The summed E-state index contributed by atoms with van der Waals surface area (Å²) in [5.74, 6) is -0.929. The second-order valence-electron chi connectivity index (χ2n) is 4.60. The van der Waals surface area contributed by atoms with Crippen molar-refractivity contribution in [2.24, 2.45) is 0 Å². The van der Waals surface area contributed by atoms with Gasteiger partial charge in [-0.2, -0.15) is 13.2 Å². The Kier molecular flexibility index (Phi) is 7.41. The summed E-state index contributed by atoms with van der Waals surface area (Å²) in [5.41, 5.74) is -4.14. The van der Waals surface area contributed by atoms with Crippen LogP contribution in [0.4, 0.5) is 13.2 Å². The van der Waals surface area contributed by atoms with Crippen molar-refractivity contribution in [3.8, 4) is 0 Å². The summed E-state index contributed by atoms with van der Waals surface area (Å²) in [6.45, 7) is 3.92. The maximum absolute atomic E-state index is 12.4. The molecule has 0 aromatic heterocycles. The van der Waals surface area contributed by atoms with Crippen LogP contribution in [0.5, 0.6) is 0 Å². The van der Waals surface area contributed by atoms with Crippen LogP contribution in [-0.4, -0.2) is 42.0 Å². The second-order valence-corrected chi connectivity index (χ2v) is 5.74. The zero-order chi connectivity index (χ0) is 17.5. The SMILES string of the molecule is CCCN(CC(=O)OCC)C(=O)c1ccc(SC(F)(F)F)cc1. The van der Waals surface area contributed by atoms with Crippen molar-refractivity contribution in [3.05, 3.63) is 29.8 Å². The van der Waals surface area contributed by atoms with Crippen molar-refractivity contribution in [1.29, 1.82) is 0 Å². The predicted molar refractivity (Wildman–Crippen MR) is 81.2 cm³/mol. The Morgan fingerprint density at radius 2 is 1.78 bits per heavy atom. The molecular weight excluding hydrogens is 331 g/mol. The molecule has 1 aromatic rings. The van der Waals surface area contributed by atoms with Crippen molar-refractivity contribution in [3.63, 3.8) is 0 Å². The molecule has 8 heteroatoms. The first-order valence-corrected chi connectivity index (χ1v) is 7.89. The lowest BCUT2D eigenvalue weighted by Gasteiger charge is -2.21. The molecule has 4 nitrogen and oxygen atoms in total. The number of ether oxygens (including phenoxy) is 1. The molecule has 0 aliphatic heterocycles. The molecule has 0 saturated heterocycles. The third-order valence-corrected chi connectivity index (χ3v) is 3.48. The minimum Gasteiger partial charge on any atom is -0.465 e. The van der Waals surface area contributed by atoms with Crippen molar-refractivity contribution < 1.29 is 27.5 Å². The van der Waals surface area contributed by atoms with Gasteiger partial charge in [0.25, 0.3) is 5.91 Å². The highest BCUT2D eigenvalue weighted by molar-refractivity contribution is 8.00. The summed E-state index contributed by atoms with van der Waals surface area (Å²) in [7, 11) is 0. The van der Waals surface area contributed by atoms with Crippen LogP contribution in [0.3, 0.4) is 0 Å². The highest BCUT2D eigenvalue weighted by Crippen LogP contribution is 2.36. The third kappa shape index (κ3) is 6.94. The summed E-state index contributed by atoms with van der Waals surface area (Å²) < 4.78 is 41.7. The molecule has 1 amide bonds. The van der Waals surface area contributed by atoms with E-state index < -0.39 is 17.4 Å². The van der Waals surface area contributed by atoms with Gasteiger partial charge in [0.15, 0.2) is 0 Å². The molecule has 1 aromatic carbocycles. The van der Waals surface area contributed by atoms with Crippen molar-refractivity contribution in [2.75, 3.05) is 19.7 Å². The van der Waals surface area contributed by atoms with Gasteiger partial charge in [0.1, 0.15) is 6.54 Å². The number of carbonyl (C=O) groups excluding carboxylic acids is 2. The molecule has 0 heterocycles. The lowest BCUT2D eigenvalue weighted by Crippen LogP contribution is -2.37. The van der Waals surface area contributed by atoms with E-state index in [1.54, 1.807) is 6.92 Å². The number of amides is 1. The zero-order valence-electron chi connectivity index (χ0n) is 12.9. The number of esters is 1. The predicted octanol–water partition coefficient (Wildman–Crippen LogP) is 3.71. The minimum absolute atomic E-state index is 0.00137. The lowest BCUT2D eigenvalue weighted by atomic mass is 10.2. The molecule has 0 fully saturated rings. The number of thioether (sulfide) groups is 1. The van der Waals surface area contributed by atoms with E-state index in [9.17, 15) is 22.8 Å². The van der Waals surface area contributed by atoms with Crippen LogP contribution >= 0.6 is 11.8 Å². The molecule has 0 N–H and O–H groups in total.